The normalized spacial score (nSPS) is 18.2. The van der Waals surface area contributed by atoms with E-state index in [1.54, 1.807) is 36.4 Å². The second-order valence-corrected chi connectivity index (χ2v) is 8.11. The number of hydrogen-bond donors (Lipinski definition) is 1. The third kappa shape index (κ3) is 3.37. The van der Waals surface area contributed by atoms with Crippen molar-refractivity contribution in [1.29, 1.82) is 0 Å². The van der Waals surface area contributed by atoms with E-state index < -0.39 is 23.4 Å². The molecule has 2 aliphatic rings. The fourth-order valence-electron chi connectivity index (χ4n) is 4.55. The number of aromatic nitrogens is 3. The third-order valence-corrected chi connectivity index (χ3v) is 6.12. The number of nitrogens with two attached hydrogens (primary N) is 1. The maximum absolute atomic E-state index is 15.3. The van der Waals surface area contributed by atoms with E-state index in [1.807, 2.05) is 0 Å². The Bertz CT molecular complexity index is 1530. The van der Waals surface area contributed by atoms with Crippen LogP contribution < -0.4 is 10.5 Å². The number of rotatable bonds is 2. The number of benzene rings is 1. The van der Waals surface area contributed by atoms with Gasteiger partial charge in [-0.05, 0) is 42.0 Å². The van der Waals surface area contributed by atoms with Crippen LogP contribution in [0, 0.1) is 17.8 Å². The molecule has 174 valence electrons. The molecule has 0 aliphatic carbocycles. The van der Waals surface area contributed by atoms with Crippen molar-refractivity contribution in [2.75, 3.05) is 6.61 Å². The maximum Gasteiger partial charge on any atom is 0.283 e. The van der Waals surface area contributed by atoms with Crippen LogP contribution in [0.5, 0.6) is 11.5 Å². The highest BCUT2D eigenvalue weighted by atomic mass is 19.1. The summed E-state index contributed by atoms with van der Waals surface area (Å²) in [4.78, 5) is 15.9. The van der Waals surface area contributed by atoms with Crippen LogP contribution in [-0.2, 0) is 10.3 Å². The van der Waals surface area contributed by atoms with Gasteiger partial charge in [0.15, 0.2) is 5.75 Å². The van der Waals surface area contributed by atoms with E-state index in [0.717, 1.165) is 6.07 Å². The molecular weight excluding hydrogens is 459 g/mol. The van der Waals surface area contributed by atoms with Crippen molar-refractivity contribution in [3.8, 4) is 33.9 Å². The number of pyridine rings is 3. The van der Waals surface area contributed by atoms with Crippen molar-refractivity contribution < 1.29 is 22.6 Å². The lowest BCUT2D eigenvalue weighted by Crippen LogP contribution is -2.39. The summed E-state index contributed by atoms with van der Waals surface area (Å²) in [5.74, 6) is -2.04. The molecule has 6 rings (SSSR count). The summed E-state index contributed by atoms with van der Waals surface area (Å²) in [5.41, 5.74) is 7.00. The van der Waals surface area contributed by atoms with E-state index in [4.69, 9.17) is 15.2 Å². The zero-order chi connectivity index (χ0) is 24.2. The molecule has 0 fully saturated rings. The smallest absolute Gasteiger partial charge is 0.283 e. The average Bonchev–Trinajstić information content (AvgIpc) is 2.85. The Morgan fingerprint density at radius 3 is 2.57 bits per heavy atom. The summed E-state index contributed by atoms with van der Waals surface area (Å²) in [5, 5.41) is 0. The van der Waals surface area contributed by atoms with Crippen molar-refractivity contribution in [2.45, 2.75) is 12.0 Å². The first kappa shape index (κ1) is 21.1. The number of nitrogens with zero attached hydrogens (tertiary/aromatic N) is 4. The molecule has 5 heterocycles. The fourth-order valence-corrected chi connectivity index (χ4v) is 4.55. The molecule has 0 bridgehead atoms. The Morgan fingerprint density at radius 2 is 1.77 bits per heavy atom. The summed E-state index contributed by atoms with van der Waals surface area (Å²) in [6, 6.07) is 12.4. The first-order valence-electron chi connectivity index (χ1n) is 10.7. The largest absolute Gasteiger partial charge is 0.465 e. The maximum atomic E-state index is 15.3. The lowest BCUT2D eigenvalue weighted by Gasteiger charge is -2.39. The molecule has 0 radical (unpaired) electrons. The molecule has 0 amide bonds. The lowest BCUT2D eigenvalue weighted by molar-refractivity contribution is 0.217. The minimum absolute atomic E-state index is 0.0817. The summed E-state index contributed by atoms with van der Waals surface area (Å²) in [7, 11) is 0. The molecule has 3 aromatic heterocycles. The number of ether oxygens (including phenoxy) is 2. The Kier molecular flexibility index (Phi) is 4.70. The first-order chi connectivity index (χ1) is 16.9. The van der Waals surface area contributed by atoms with Crippen LogP contribution in [0.25, 0.3) is 22.4 Å². The monoisotopic (exact) mass is 475 g/mol. The quantitative estimate of drug-likeness (QED) is 0.422. The van der Waals surface area contributed by atoms with E-state index >= 15 is 4.39 Å². The predicted molar refractivity (Wildman–Crippen MR) is 120 cm³/mol. The first-order valence-corrected chi connectivity index (χ1v) is 10.7. The van der Waals surface area contributed by atoms with Gasteiger partial charge in [0.2, 0.25) is 11.9 Å². The zero-order valence-corrected chi connectivity index (χ0v) is 18.0. The van der Waals surface area contributed by atoms with Crippen molar-refractivity contribution in [3.05, 3.63) is 89.9 Å². The Labute approximate surface area is 197 Å². The number of hydrogen-bond acceptors (Lipinski definition) is 7. The summed E-state index contributed by atoms with van der Waals surface area (Å²) >= 11 is 0. The van der Waals surface area contributed by atoms with Gasteiger partial charge in [-0.25, -0.2) is 19.9 Å². The highest BCUT2D eigenvalue weighted by Gasteiger charge is 2.46. The molecule has 4 aromatic rings. The molecule has 1 spiro atoms. The van der Waals surface area contributed by atoms with E-state index in [1.165, 1.54) is 18.5 Å². The van der Waals surface area contributed by atoms with E-state index in [0.29, 0.717) is 34.4 Å². The second kappa shape index (κ2) is 7.79. The average molecular weight is 475 g/mol. The van der Waals surface area contributed by atoms with Crippen molar-refractivity contribution in [2.24, 2.45) is 10.7 Å². The van der Waals surface area contributed by atoms with Gasteiger partial charge in [0.1, 0.15) is 11.3 Å². The van der Waals surface area contributed by atoms with Crippen LogP contribution in [0.15, 0.2) is 65.9 Å². The molecule has 2 aliphatic heterocycles. The number of fused-ring (bicyclic) bond motifs is 4. The molecule has 0 saturated heterocycles. The van der Waals surface area contributed by atoms with Gasteiger partial charge in [-0.15, -0.1) is 0 Å². The van der Waals surface area contributed by atoms with Crippen molar-refractivity contribution in [3.63, 3.8) is 0 Å². The van der Waals surface area contributed by atoms with Crippen molar-refractivity contribution in [1.82, 2.24) is 15.0 Å². The van der Waals surface area contributed by atoms with Crippen LogP contribution in [0.3, 0.4) is 0 Å². The summed E-state index contributed by atoms with van der Waals surface area (Å²) in [6.07, 6.45) is 2.93. The molecular formula is C25H16F3N5O2. The van der Waals surface area contributed by atoms with Gasteiger partial charge in [-0.2, -0.15) is 13.2 Å². The second-order valence-electron chi connectivity index (χ2n) is 8.11. The van der Waals surface area contributed by atoms with Crippen LogP contribution in [0.4, 0.5) is 13.2 Å². The molecule has 1 atom stereocenters. The van der Waals surface area contributed by atoms with E-state index in [-0.39, 0.29) is 29.6 Å². The zero-order valence-electron chi connectivity index (χ0n) is 18.0. The molecule has 0 unspecified atom stereocenters. The Balaban J connectivity index is 1.61. The number of amidine groups is 1. The van der Waals surface area contributed by atoms with Crippen LogP contribution in [0.1, 0.15) is 17.5 Å². The van der Waals surface area contributed by atoms with Crippen molar-refractivity contribution >= 4 is 6.02 Å². The van der Waals surface area contributed by atoms with Crippen LogP contribution >= 0.6 is 0 Å². The van der Waals surface area contributed by atoms with E-state index in [2.05, 4.69) is 19.9 Å². The van der Waals surface area contributed by atoms with Crippen LogP contribution in [0.2, 0.25) is 0 Å². The van der Waals surface area contributed by atoms with Gasteiger partial charge in [0.05, 0.1) is 12.3 Å². The highest BCUT2D eigenvalue weighted by molar-refractivity contribution is 5.77. The minimum Gasteiger partial charge on any atom is -0.465 e. The van der Waals surface area contributed by atoms with Gasteiger partial charge in [0, 0.05) is 47.1 Å². The minimum atomic E-state index is -1.20. The number of halogens is 3. The van der Waals surface area contributed by atoms with Gasteiger partial charge < -0.3 is 15.2 Å². The molecule has 10 heteroatoms. The predicted octanol–water partition coefficient (Wildman–Crippen LogP) is 4.71. The summed E-state index contributed by atoms with van der Waals surface area (Å²) in [6.45, 7) is 0.197. The standard InChI is InChI=1S/C25H16F3N5O2/c26-20-11-14(5-8-30-20)18-12-17-21(23(28)32-18)35-19-4-3-13(15-2-1-7-31-22(15)27)10-16(19)25(17)6-9-34-24(29)33-25/h1-5,7-8,10-12H,6,9H2,(H2,29,33)/t25-/m1/s1. The van der Waals surface area contributed by atoms with Crippen LogP contribution in [-0.4, -0.2) is 27.6 Å². The van der Waals surface area contributed by atoms with Gasteiger partial charge in [-0.1, -0.05) is 6.07 Å². The number of aliphatic imine (C=N–C) groups is 1. The fraction of sp³-hybridized carbons (Fsp3) is 0.120. The highest BCUT2D eigenvalue weighted by Crippen LogP contribution is 2.53. The van der Waals surface area contributed by atoms with Gasteiger partial charge in [-0.3, -0.25) is 0 Å². The summed E-state index contributed by atoms with van der Waals surface area (Å²) < 4.78 is 54.9. The topological polar surface area (TPSA) is 95.5 Å². The molecule has 35 heavy (non-hydrogen) atoms. The molecule has 0 saturated carbocycles. The molecule has 2 N–H and O–H groups in total. The van der Waals surface area contributed by atoms with Gasteiger partial charge in [0.25, 0.3) is 12.0 Å². The molecule has 7 nitrogen and oxygen atoms in total. The third-order valence-electron chi connectivity index (χ3n) is 6.12. The Hall–Kier alpha value is -4.47. The van der Waals surface area contributed by atoms with Gasteiger partial charge >= 0.3 is 0 Å². The molecule has 1 aromatic carbocycles. The SMILES string of the molecule is NC1=N[C@]2(CCO1)c1cc(-c3cccnc3F)ccc1Oc1c2cc(-c2ccnc(F)c2)nc1F. The van der Waals surface area contributed by atoms with E-state index in [9.17, 15) is 8.78 Å². The Morgan fingerprint density at radius 1 is 0.886 bits per heavy atom. The lowest BCUT2D eigenvalue weighted by atomic mass is 9.77.